The van der Waals surface area contributed by atoms with Gasteiger partial charge >= 0.3 is 5.97 Å². The summed E-state index contributed by atoms with van der Waals surface area (Å²) >= 11 is 0. The Morgan fingerprint density at radius 1 is 1.07 bits per heavy atom. The van der Waals surface area contributed by atoms with Crippen LogP contribution in [0.25, 0.3) is 0 Å². The molecule has 9 heteroatoms. The number of ether oxygens (including phenoxy) is 2. The molecule has 2 amide bonds. The first kappa shape index (κ1) is 18.6. The van der Waals surface area contributed by atoms with Gasteiger partial charge in [0.2, 0.25) is 0 Å². The second-order valence-corrected chi connectivity index (χ2v) is 6.56. The summed E-state index contributed by atoms with van der Waals surface area (Å²) < 4.78 is 10.1. The van der Waals surface area contributed by atoms with Gasteiger partial charge in [0.05, 0.1) is 32.0 Å². The van der Waals surface area contributed by atoms with Gasteiger partial charge in [0, 0.05) is 5.56 Å². The molecule has 2 heterocycles. The lowest BCUT2D eigenvalue weighted by Crippen LogP contribution is -2.39. The first-order chi connectivity index (χ1) is 14.0. The van der Waals surface area contributed by atoms with Crippen LogP contribution >= 0.6 is 0 Å². The van der Waals surface area contributed by atoms with E-state index in [2.05, 4.69) is 10.3 Å². The van der Waals surface area contributed by atoms with E-state index in [-0.39, 0.29) is 12.5 Å². The number of carbonyl (C=O) groups excluding carboxylic acids is 3. The zero-order valence-corrected chi connectivity index (χ0v) is 15.8. The molecule has 0 radical (unpaired) electrons. The molecule has 0 N–H and O–H groups in total. The standard InChI is InChI=1S/C20H18N4O5/c1-28-15-9-8-12(20(27)29-2)10-13(15)11-23-17-16(21-22-23)18(25)24(19(17)26)14-6-4-3-5-7-14/h3-10,16-17H,11H2,1-2H3/t16-,17+/m1/s1. The lowest BCUT2D eigenvalue weighted by molar-refractivity contribution is -0.123. The van der Waals surface area contributed by atoms with Gasteiger partial charge in [-0.05, 0) is 30.3 Å². The van der Waals surface area contributed by atoms with Crippen molar-refractivity contribution in [1.29, 1.82) is 0 Å². The van der Waals surface area contributed by atoms with Crippen LogP contribution in [0.3, 0.4) is 0 Å². The van der Waals surface area contributed by atoms with Gasteiger partial charge in [-0.15, -0.1) is 0 Å². The number of hydrogen-bond acceptors (Lipinski definition) is 8. The van der Waals surface area contributed by atoms with Crippen LogP contribution in [-0.2, 0) is 20.9 Å². The Morgan fingerprint density at radius 3 is 2.52 bits per heavy atom. The van der Waals surface area contributed by atoms with E-state index in [4.69, 9.17) is 9.47 Å². The number of para-hydroxylation sites is 1. The average Bonchev–Trinajstić information content (AvgIpc) is 3.27. The largest absolute Gasteiger partial charge is 0.496 e. The van der Waals surface area contributed by atoms with Gasteiger partial charge in [-0.2, -0.15) is 5.11 Å². The Kier molecular flexibility index (Phi) is 4.71. The van der Waals surface area contributed by atoms with Crippen LogP contribution in [-0.4, -0.2) is 49.1 Å². The summed E-state index contributed by atoms with van der Waals surface area (Å²) in [5.74, 6) is -0.766. The van der Waals surface area contributed by atoms with Crippen molar-refractivity contribution in [3.63, 3.8) is 0 Å². The lowest BCUT2D eigenvalue weighted by atomic mass is 10.1. The van der Waals surface area contributed by atoms with Crippen molar-refractivity contribution in [2.24, 2.45) is 10.3 Å². The SMILES string of the molecule is COC(=O)c1ccc(OC)c(CN2N=N[C@H]3C(=O)N(c4ccccc4)C(=O)[C@H]32)c1. The molecule has 0 spiro atoms. The van der Waals surface area contributed by atoms with Crippen molar-refractivity contribution in [2.45, 2.75) is 18.6 Å². The molecule has 2 aliphatic heterocycles. The third-order valence-corrected chi connectivity index (χ3v) is 4.91. The molecular weight excluding hydrogens is 376 g/mol. The van der Waals surface area contributed by atoms with Gasteiger partial charge in [-0.3, -0.25) is 14.6 Å². The van der Waals surface area contributed by atoms with E-state index in [9.17, 15) is 14.4 Å². The molecule has 1 fully saturated rings. The van der Waals surface area contributed by atoms with Crippen LogP contribution in [0.1, 0.15) is 15.9 Å². The fourth-order valence-electron chi connectivity index (χ4n) is 3.51. The molecule has 2 aliphatic rings. The predicted molar refractivity (Wildman–Crippen MR) is 101 cm³/mol. The molecule has 0 aliphatic carbocycles. The van der Waals surface area contributed by atoms with Crippen LogP contribution in [0.2, 0.25) is 0 Å². The number of imide groups is 1. The summed E-state index contributed by atoms with van der Waals surface area (Å²) in [6.07, 6.45) is 0. The number of fused-ring (bicyclic) bond motifs is 1. The Balaban J connectivity index is 1.62. The van der Waals surface area contributed by atoms with Gasteiger partial charge < -0.3 is 9.47 Å². The van der Waals surface area contributed by atoms with Gasteiger partial charge in [0.25, 0.3) is 11.8 Å². The first-order valence-corrected chi connectivity index (χ1v) is 8.90. The number of rotatable bonds is 5. The molecule has 0 saturated carbocycles. The van der Waals surface area contributed by atoms with Crippen molar-refractivity contribution < 1.29 is 23.9 Å². The van der Waals surface area contributed by atoms with Crippen LogP contribution in [0.15, 0.2) is 58.9 Å². The highest BCUT2D eigenvalue weighted by atomic mass is 16.5. The maximum atomic E-state index is 13.0. The molecule has 148 valence electrons. The predicted octanol–water partition coefficient (Wildman–Crippen LogP) is 1.98. The molecule has 2 atom stereocenters. The van der Waals surface area contributed by atoms with E-state index in [1.165, 1.54) is 19.2 Å². The fourth-order valence-corrected chi connectivity index (χ4v) is 3.51. The van der Waals surface area contributed by atoms with E-state index in [0.717, 1.165) is 4.90 Å². The second-order valence-electron chi connectivity index (χ2n) is 6.56. The lowest BCUT2D eigenvalue weighted by Gasteiger charge is -2.21. The summed E-state index contributed by atoms with van der Waals surface area (Å²) in [4.78, 5) is 38.7. The molecule has 0 unspecified atom stereocenters. The number of esters is 1. The number of carbonyl (C=O) groups is 3. The third kappa shape index (κ3) is 3.10. The quantitative estimate of drug-likeness (QED) is 0.568. The summed E-state index contributed by atoms with van der Waals surface area (Å²) in [6, 6.07) is 11.8. The molecule has 0 bridgehead atoms. The molecule has 0 aromatic heterocycles. The van der Waals surface area contributed by atoms with E-state index < -0.39 is 24.0 Å². The number of anilines is 1. The minimum Gasteiger partial charge on any atom is -0.496 e. The van der Waals surface area contributed by atoms with Crippen LogP contribution in [0.4, 0.5) is 5.69 Å². The molecule has 2 aromatic carbocycles. The number of nitrogens with zero attached hydrogens (tertiary/aromatic N) is 4. The van der Waals surface area contributed by atoms with E-state index >= 15 is 0 Å². The monoisotopic (exact) mass is 394 g/mol. The number of methoxy groups -OCH3 is 2. The zero-order valence-electron chi connectivity index (χ0n) is 15.8. The number of hydrogen-bond donors (Lipinski definition) is 0. The summed E-state index contributed by atoms with van der Waals surface area (Å²) in [6.45, 7) is 0.139. The Hall–Kier alpha value is -3.75. The van der Waals surface area contributed by atoms with E-state index in [0.29, 0.717) is 22.6 Å². The first-order valence-electron chi connectivity index (χ1n) is 8.90. The van der Waals surface area contributed by atoms with Crippen molar-refractivity contribution in [3.8, 4) is 5.75 Å². The zero-order chi connectivity index (χ0) is 20.5. The number of benzene rings is 2. The van der Waals surface area contributed by atoms with Gasteiger partial charge in [0.15, 0.2) is 12.1 Å². The second kappa shape index (κ2) is 7.34. The maximum absolute atomic E-state index is 13.0. The Bertz CT molecular complexity index is 1010. The van der Waals surface area contributed by atoms with Crippen molar-refractivity contribution in [2.75, 3.05) is 19.1 Å². The van der Waals surface area contributed by atoms with Crippen LogP contribution < -0.4 is 9.64 Å². The molecule has 9 nitrogen and oxygen atoms in total. The van der Waals surface area contributed by atoms with Gasteiger partial charge in [0.1, 0.15) is 5.75 Å². The Labute approximate surface area is 166 Å². The summed E-state index contributed by atoms with van der Waals surface area (Å²) in [7, 11) is 2.80. The van der Waals surface area contributed by atoms with E-state index in [1.54, 1.807) is 42.5 Å². The summed E-state index contributed by atoms with van der Waals surface area (Å²) in [5.41, 5.74) is 1.46. The van der Waals surface area contributed by atoms with Crippen LogP contribution in [0, 0.1) is 0 Å². The Morgan fingerprint density at radius 2 is 1.83 bits per heavy atom. The normalized spacial score (nSPS) is 20.2. The van der Waals surface area contributed by atoms with E-state index in [1.807, 2.05) is 6.07 Å². The maximum Gasteiger partial charge on any atom is 0.337 e. The van der Waals surface area contributed by atoms with Gasteiger partial charge in [-0.1, -0.05) is 23.4 Å². The van der Waals surface area contributed by atoms with Crippen molar-refractivity contribution >= 4 is 23.5 Å². The topological polar surface area (TPSA) is 101 Å². The third-order valence-electron chi connectivity index (χ3n) is 4.91. The molecule has 4 rings (SSSR count). The van der Waals surface area contributed by atoms with Crippen LogP contribution in [0.5, 0.6) is 5.75 Å². The van der Waals surface area contributed by atoms with Gasteiger partial charge in [-0.25, -0.2) is 9.69 Å². The minimum atomic E-state index is -0.891. The summed E-state index contributed by atoms with van der Waals surface area (Å²) in [5, 5.41) is 9.50. The molecule has 29 heavy (non-hydrogen) atoms. The highest BCUT2D eigenvalue weighted by molar-refractivity contribution is 6.25. The highest BCUT2D eigenvalue weighted by Gasteiger charge is 2.54. The van der Waals surface area contributed by atoms with Crippen molar-refractivity contribution in [1.82, 2.24) is 5.01 Å². The molecule has 1 saturated heterocycles. The molecule has 2 aromatic rings. The number of amides is 2. The highest BCUT2D eigenvalue weighted by Crippen LogP contribution is 2.34. The smallest absolute Gasteiger partial charge is 0.337 e. The average molecular weight is 394 g/mol. The minimum absolute atomic E-state index is 0.139. The fraction of sp³-hybridized carbons (Fsp3) is 0.250. The molecular formula is C20H18N4O5. The van der Waals surface area contributed by atoms with Crippen molar-refractivity contribution in [3.05, 3.63) is 59.7 Å².